The lowest BCUT2D eigenvalue weighted by molar-refractivity contribution is 0.0488. The van der Waals surface area contributed by atoms with Crippen molar-refractivity contribution in [2.75, 3.05) is 11.9 Å². The lowest BCUT2D eigenvalue weighted by Gasteiger charge is -2.31. The van der Waals surface area contributed by atoms with Crippen molar-refractivity contribution in [2.24, 2.45) is 5.92 Å². The Balaban J connectivity index is 1.46. The smallest absolute Gasteiger partial charge is 0.407 e. The fourth-order valence-electron chi connectivity index (χ4n) is 4.83. The van der Waals surface area contributed by atoms with Crippen molar-refractivity contribution in [1.29, 1.82) is 0 Å². The van der Waals surface area contributed by atoms with Crippen LogP contribution in [0.1, 0.15) is 65.3 Å². The Kier molecular flexibility index (Phi) is 6.34. The van der Waals surface area contributed by atoms with E-state index in [1.807, 2.05) is 31.4 Å². The third-order valence-corrected chi connectivity index (χ3v) is 6.98. The molecule has 5 rings (SSSR count). The molecule has 0 spiro atoms. The van der Waals surface area contributed by atoms with Crippen molar-refractivity contribution >= 4 is 45.4 Å². The van der Waals surface area contributed by atoms with Gasteiger partial charge in [-0.25, -0.2) is 9.78 Å². The predicted octanol–water partition coefficient (Wildman–Crippen LogP) is 5.43. The van der Waals surface area contributed by atoms with Crippen LogP contribution >= 0.6 is 11.6 Å². The van der Waals surface area contributed by atoms with Crippen LogP contribution in [0.25, 0.3) is 21.8 Å². The first-order valence-electron chi connectivity index (χ1n) is 12.4. The molecule has 186 valence electrons. The zero-order valence-electron chi connectivity index (χ0n) is 20.4. The number of hydrogen-bond acceptors (Lipinski definition) is 6. The topological polar surface area (TPSA) is 98.1 Å². The quantitative estimate of drug-likeness (QED) is 0.456. The van der Waals surface area contributed by atoms with Crippen molar-refractivity contribution in [1.82, 2.24) is 19.9 Å². The molecular weight excluding hydrogens is 466 g/mol. The highest BCUT2D eigenvalue weighted by Gasteiger charge is 2.28. The Morgan fingerprint density at radius 2 is 1.86 bits per heavy atom. The summed E-state index contributed by atoms with van der Waals surface area (Å²) in [4.78, 5) is 35.3. The van der Waals surface area contributed by atoms with Gasteiger partial charge in [-0.05, 0) is 82.7 Å². The van der Waals surface area contributed by atoms with E-state index in [1.54, 1.807) is 18.3 Å². The lowest BCUT2D eigenvalue weighted by Crippen LogP contribution is -2.41. The number of alkyl carbamates (subject to hydrolysis) is 1. The Hall–Kier alpha value is -2.87. The van der Waals surface area contributed by atoms with Crippen LogP contribution in [0.5, 0.6) is 0 Å². The molecule has 0 unspecified atom stereocenters. The second-order valence-corrected chi connectivity index (χ2v) is 11.2. The average molecular weight is 498 g/mol. The van der Waals surface area contributed by atoms with Crippen molar-refractivity contribution in [3.05, 3.63) is 39.8 Å². The van der Waals surface area contributed by atoms with E-state index in [0.29, 0.717) is 27.9 Å². The van der Waals surface area contributed by atoms with Gasteiger partial charge in [0.1, 0.15) is 11.2 Å². The van der Waals surface area contributed by atoms with E-state index in [0.717, 1.165) is 43.0 Å². The highest BCUT2D eigenvalue weighted by atomic mass is 35.5. The molecule has 0 aliphatic heterocycles. The summed E-state index contributed by atoms with van der Waals surface area (Å²) in [5.74, 6) is 1.23. The van der Waals surface area contributed by atoms with Gasteiger partial charge in [-0.3, -0.25) is 9.36 Å². The number of ether oxygens (including phenoxy) is 1. The largest absolute Gasteiger partial charge is 0.444 e. The Morgan fingerprint density at radius 3 is 2.54 bits per heavy atom. The summed E-state index contributed by atoms with van der Waals surface area (Å²) in [6.45, 7) is 6.40. The Bertz CT molecular complexity index is 1320. The zero-order chi connectivity index (χ0) is 24.7. The molecule has 1 amide bonds. The standard InChI is InChI=1S/C26H32ClN5O3/c1-26(2,3)35-25(34)30-17-7-9-18(10-8-17)32-22-21(14-29-24(31-22)28-13-15-4-5-15)19-11-6-16(27)12-20(19)23(32)33/h6,11-12,14-15,17-18H,4-5,7-10,13H2,1-3H3,(H,30,34)(H,28,29,31). The molecule has 0 radical (unpaired) electrons. The maximum Gasteiger partial charge on any atom is 0.407 e. The molecule has 1 aromatic carbocycles. The van der Waals surface area contributed by atoms with Crippen LogP contribution in [-0.4, -0.2) is 38.8 Å². The number of fused-ring (bicyclic) bond motifs is 3. The number of aromatic nitrogens is 3. The third-order valence-electron chi connectivity index (χ3n) is 6.75. The second kappa shape index (κ2) is 9.30. The number of halogens is 1. The number of hydrogen-bond donors (Lipinski definition) is 2. The zero-order valence-corrected chi connectivity index (χ0v) is 21.2. The second-order valence-electron chi connectivity index (χ2n) is 10.8. The van der Waals surface area contributed by atoms with Gasteiger partial charge >= 0.3 is 6.09 Å². The summed E-state index contributed by atoms with van der Waals surface area (Å²) in [6, 6.07) is 5.37. The minimum absolute atomic E-state index is 0.0170. The highest BCUT2D eigenvalue weighted by molar-refractivity contribution is 6.31. The van der Waals surface area contributed by atoms with Crippen molar-refractivity contribution in [3.63, 3.8) is 0 Å². The van der Waals surface area contributed by atoms with Crippen molar-refractivity contribution in [3.8, 4) is 0 Å². The number of amides is 1. The number of rotatable bonds is 5. The van der Waals surface area contributed by atoms with Crippen LogP contribution in [0.3, 0.4) is 0 Å². The van der Waals surface area contributed by atoms with Crippen molar-refractivity contribution in [2.45, 2.75) is 77.0 Å². The molecule has 35 heavy (non-hydrogen) atoms. The summed E-state index contributed by atoms with van der Waals surface area (Å²) in [5.41, 5.74) is 0.0113. The average Bonchev–Trinajstić information content (AvgIpc) is 3.62. The van der Waals surface area contributed by atoms with Gasteiger partial charge in [0.2, 0.25) is 5.95 Å². The third kappa shape index (κ3) is 5.37. The maximum atomic E-state index is 13.7. The van der Waals surface area contributed by atoms with Crippen LogP contribution in [0.2, 0.25) is 5.02 Å². The molecule has 0 atom stereocenters. The van der Waals surface area contributed by atoms with Crippen LogP contribution in [0.15, 0.2) is 29.2 Å². The molecule has 2 N–H and O–H groups in total. The minimum Gasteiger partial charge on any atom is -0.444 e. The number of nitrogens with zero attached hydrogens (tertiary/aromatic N) is 3. The minimum atomic E-state index is -0.537. The van der Waals surface area contributed by atoms with E-state index in [-0.39, 0.29) is 17.6 Å². The number of pyridine rings is 1. The summed E-state index contributed by atoms with van der Waals surface area (Å²) in [7, 11) is 0. The van der Waals surface area contributed by atoms with E-state index in [1.165, 1.54) is 12.8 Å². The normalized spacial score (nSPS) is 20.7. The summed E-state index contributed by atoms with van der Waals surface area (Å²) < 4.78 is 7.22. The van der Waals surface area contributed by atoms with Gasteiger partial charge in [0.25, 0.3) is 5.56 Å². The van der Waals surface area contributed by atoms with Crippen LogP contribution in [0.4, 0.5) is 10.7 Å². The number of anilines is 1. The summed E-state index contributed by atoms with van der Waals surface area (Å²) >= 11 is 6.25. The molecule has 2 aliphatic rings. The van der Waals surface area contributed by atoms with E-state index < -0.39 is 11.7 Å². The first-order chi connectivity index (χ1) is 16.7. The van der Waals surface area contributed by atoms with Crippen molar-refractivity contribution < 1.29 is 9.53 Å². The van der Waals surface area contributed by atoms with E-state index in [2.05, 4.69) is 15.6 Å². The molecule has 2 aliphatic carbocycles. The molecule has 2 fully saturated rings. The number of nitrogens with one attached hydrogen (secondary N) is 2. The molecule has 3 aromatic rings. The van der Waals surface area contributed by atoms with Gasteiger partial charge in [-0.1, -0.05) is 17.7 Å². The van der Waals surface area contributed by atoms with E-state index in [4.69, 9.17) is 21.3 Å². The van der Waals surface area contributed by atoms with Gasteiger partial charge in [0.15, 0.2) is 0 Å². The Morgan fingerprint density at radius 1 is 1.11 bits per heavy atom. The number of benzene rings is 1. The first-order valence-corrected chi connectivity index (χ1v) is 12.8. The van der Waals surface area contributed by atoms with Crippen LogP contribution < -0.4 is 16.2 Å². The molecule has 2 heterocycles. The van der Waals surface area contributed by atoms with Crippen LogP contribution in [0, 0.1) is 5.92 Å². The first kappa shape index (κ1) is 23.9. The molecule has 2 saturated carbocycles. The SMILES string of the molecule is CC(C)(C)OC(=O)NC1CCC(n2c(=O)c3cc(Cl)ccc3c3cnc(NCC4CC4)nc32)CC1. The van der Waals surface area contributed by atoms with Gasteiger partial charge in [0.05, 0.1) is 0 Å². The van der Waals surface area contributed by atoms with Crippen LogP contribution in [-0.2, 0) is 4.74 Å². The lowest BCUT2D eigenvalue weighted by atomic mass is 9.90. The molecule has 0 bridgehead atoms. The summed E-state index contributed by atoms with van der Waals surface area (Å²) in [6.07, 6.45) is 6.87. The van der Waals surface area contributed by atoms with Gasteiger partial charge in [-0.15, -0.1) is 0 Å². The molecule has 8 nitrogen and oxygen atoms in total. The molecule has 2 aromatic heterocycles. The Labute approximate surface area is 209 Å². The highest BCUT2D eigenvalue weighted by Crippen LogP contribution is 2.33. The van der Waals surface area contributed by atoms with Gasteiger partial charge in [-0.2, -0.15) is 4.98 Å². The number of carbonyl (C=O) groups excluding carboxylic acids is 1. The molecule has 9 heteroatoms. The fourth-order valence-corrected chi connectivity index (χ4v) is 5.01. The monoisotopic (exact) mass is 497 g/mol. The molecular formula is C26H32ClN5O3. The summed E-state index contributed by atoms with van der Waals surface area (Å²) in [5, 5.41) is 9.04. The molecule has 0 saturated heterocycles. The fraction of sp³-hybridized carbons (Fsp3) is 0.538. The number of carbonyl (C=O) groups is 1. The van der Waals surface area contributed by atoms with Gasteiger partial charge in [0, 0.05) is 40.6 Å². The van der Waals surface area contributed by atoms with Gasteiger partial charge < -0.3 is 15.4 Å². The van der Waals surface area contributed by atoms with E-state index in [9.17, 15) is 9.59 Å². The van der Waals surface area contributed by atoms with E-state index >= 15 is 0 Å². The maximum absolute atomic E-state index is 13.7. The predicted molar refractivity (Wildman–Crippen MR) is 138 cm³/mol.